The van der Waals surface area contributed by atoms with Crippen molar-refractivity contribution >= 4 is 43.9 Å². The topological polar surface area (TPSA) is 69.6 Å². The second kappa shape index (κ2) is 11.0. The molecule has 0 saturated heterocycles. The van der Waals surface area contributed by atoms with E-state index < -0.39 is 0 Å². The minimum atomic E-state index is -0.271. The molecule has 0 atom stereocenters. The van der Waals surface area contributed by atoms with E-state index in [1.54, 1.807) is 0 Å². The van der Waals surface area contributed by atoms with Crippen molar-refractivity contribution in [3.63, 3.8) is 0 Å². The predicted molar refractivity (Wildman–Crippen MR) is 213 cm³/mol. The quantitative estimate of drug-likeness (QED) is 0.185. The molecule has 11 rings (SSSR count). The lowest BCUT2D eigenvalue weighted by Gasteiger charge is -2.23. The fourth-order valence-corrected chi connectivity index (χ4v) is 8.28. The van der Waals surface area contributed by atoms with Gasteiger partial charge in [-0.2, -0.15) is 0 Å². The molecule has 0 radical (unpaired) electrons. The monoisotopic (exact) mass is 681 g/mol. The highest BCUT2D eigenvalue weighted by molar-refractivity contribution is 6.08. The maximum atomic E-state index is 6.25. The number of hydrogen-bond acceptors (Lipinski definition) is 5. The maximum Gasteiger partial charge on any atom is 0.164 e. The molecule has 53 heavy (non-hydrogen) atoms. The predicted octanol–water partition coefficient (Wildman–Crippen LogP) is 11.6. The van der Waals surface area contributed by atoms with E-state index in [4.69, 9.17) is 24.4 Å². The highest BCUT2D eigenvalue weighted by atomic mass is 16.3. The Morgan fingerprint density at radius 3 is 1.94 bits per heavy atom. The van der Waals surface area contributed by atoms with E-state index in [1.165, 1.54) is 27.6 Å². The van der Waals surface area contributed by atoms with Gasteiger partial charge in [-0.05, 0) is 76.9 Å². The molecule has 6 nitrogen and oxygen atoms in total. The van der Waals surface area contributed by atoms with Crippen LogP contribution in [-0.4, -0.2) is 24.5 Å². The van der Waals surface area contributed by atoms with E-state index in [0.29, 0.717) is 17.5 Å². The number of nitrogens with zero attached hydrogens (tertiary/aromatic N) is 5. The molecule has 1 aliphatic rings. The van der Waals surface area contributed by atoms with Crippen molar-refractivity contribution in [3.8, 4) is 51.0 Å². The standard InChI is InChI=1S/C47H31N5O/c1-47(2)38-25-29(18-21-32(38)33-23-20-31(27-39(33)47)52-40-16-8-6-13-34(40)37-15-10-24-48-46(37)52)44-49-43(28-11-4-3-5-12-28)50-45(51-44)30-19-22-36-35-14-7-9-17-41(35)53-42(36)26-30/h3-27H,1-2H3. The van der Waals surface area contributed by atoms with Crippen LogP contribution in [0, 0.1) is 0 Å². The molecule has 0 aliphatic heterocycles. The second-order valence-corrected chi connectivity index (χ2v) is 14.3. The smallest absolute Gasteiger partial charge is 0.164 e. The average Bonchev–Trinajstić information content (AvgIpc) is 3.83. The number of benzene rings is 6. The summed E-state index contributed by atoms with van der Waals surface area (Å²) in [6.07, 6.45) is 1.87. The van der Waals surface area contributed by atoms with Crippen molar-refractivity contribution in [2.24, 2.45) is 0 Å². The van der Waals surface area contributed by atoms with Crippen molar-refractivity contribution in [1.82, 2.24) is 24.5 Å². The highest BCUT2D eigenvalue weighted by Crippen LogP contribution is 2.50. The lowest BCUT2D eigenvalue weighted by atomic mass is 9.82. The van der Waals surface area contributed by atoms with Crippen molar-refractivity contribution in [2.75, 3.05) is 0 Å². The maximum absolute atomic E-state index is 6.25. The summed E-state index contributed by atoms with van der Waals surface area (Å²) in [5, 5.41) is 4.52. The average molecular weight is 682 g/mol. The first-order chi connectivity index (χ1) is 26.0. The van der Waals surface area contributed by atoms with Crippen LogP contribution in [0.5, 0.6) is 0 Å². The molecule has 0 fully saturated rings. The van der Waals surface area contributed by atoms with Gasteiger partial charge in [0.15, 0.2) is 17.5 Å². The number of aromatic nitrogens is 5. The lowest BCUT2D eigenvalue weighted by molar-refractivity contribution is 0.660. The zero-order valence-corrected chi connectivity index (χ0v) is 29.1. The third-order valence-electron chi connectivity index (χ3n) is 10.9. The van der Waals surface area contributed by atoms with E-state index in [0.717, 1.165) is 60.9 Å². The van der Waals surface area contributed by atoms with Gasteiger partial charge < -0.3 is 4.42 Å². The van der Waals surface area contributed by atoms with Crippen molar-refractivity contribution < 1.29 is 4.42 Å². The number of pyridine rings is 1. The first-order valence-corrected chi connectivity index (χ1v) is 17.9. The highest BCUT2D eigenvalue weighted by Gasteiger charge is 2.36. The Morgan fingerprint density at radius 2 is 1.11 bits per heavy atom. The van der Waals surface area contributed by atoms with Crippen LogP contribution in [0.3, 0.4) is 0 Å². The number of hydrogen-bond donors (Lipinski definition) is 0. The van der Waals surface area contributed by atoms with Gasteiger partial charge in [0.2, 0.25) is 0 Å². The number of fused-ring (bicyclic) bond motifs is 9. The van der Waals surface area contributed by atoms with Gasteiger partial charge in [-0.1, -0.05) is 105 Å². The van der Waals surface area contributed by atoms with E-state index in [1.807, 2.05) is 66.9 Å². The van der Waals surface area contributed by atoms with Crippen LogP contribution in [0.15, 0.2) is 156 Å². The van der Waals surface area contributed by atoms with Crippen molar-refractivity contribution in [3.05, 3.63) is 163 Å². The van der Waals surface area contributed by atoms with Crippen LogP contribution in [0.25, 0.3) is 94.9 Å². The van der Waals surface area contributed by atoms with Crippen LogP contribution < -0.4 is 0 Å². The van der Waals surface area contributed by atoms with Gasteiger partial charge in [0.1, 0.15) is 16.8 Å². The summed E-state index contributed by atoms with van der Waals surface area (Å²) < 4.78 is 8.53. The Bertz CT molecular complexity index is 3050. The lowest BCUT2D eigenvalue weighted by Crippen LogP contribution is -2.15. The molecule has 250 valence electrons. The minimum absolute atomic E-state index is 0.271. The van der Waals surface area contributed by atoms with Crippen LogP contribution in [0.1, 0.15) is 25.0 Å². The van der Waals surface area contributed by atoms with E-state index in [2.05, 4.69) is 103 Å². The molecule has 10 aromatic rings. The van der Waals surface area contributed by atoms with E-state index in [-0.39, 0.29) is 5.41 Å². The first-order valence-electron chi connectivity index (χ1n) is 17.9. The van der Waals surface area contributed by atoms with Gasteiger partial charge in [-0.3, -0.25) is 4.57 Å². The minimum Gasteiger partial charge on any atom is -0.456 e. The fraction of sp³-hybridized carbons (Fsp3) is 0.0638. The molecular weight excluding hydrogens is 651 g/mol. The molecule has 0 saturated carbocycles. The number of furan rings is 1. The Balaban J connectivity index is 1.04. The summed E-state index contributed by atoms with van der Waals surface area (Å²) >= 11 is 0. The van der Waals surface area contributed by atoms with Gasteiger partial charge in [-0.25, -0.2) is 19.9 Å². The Hall–Kier alpha value is -6.92. The molecule has 0 spiro atoms. The summed E-state index contributed by atoms with van der Waals surface area (Å²) in [6, 6.07) is 50.6. The molecule has 4 aromatic heterocycles. The fourth-order valence-electron chi connectivity index (χ4n) is 8.28. The molecule has 6 heteroatoms. The first kappa shape index (κ1) is 29.8. The third-order valence-corrected chi connectivity index (χ3v) is 10.9. The summed E-state index contributed by atoms with van der Waals surface area (Å²) in [7, 11) is 0. The zero-order valence-electron chi connectivity index (χ0n) is 29.1. The molecule has 0 bridgehead atoms. The Kier molecular flexibility index (Phi) is 6.20. The van der Waals surface area contributed by atoms with Crippen molar-refractivity contribution in [2.45, 2.75) is 19.3 Å². The summed E-state index contributed by atoms with van der Waals surface area (Å²) in [5.41, 5.74) is 12.4. The Morgan fingerprint density at radius 1 is 0.491 bits per heavy atom. The summed E-state index contributed by atoms with van der Waals surface area (Å²) in [6.45, 7) is 4.62. The number of para-hydroxylation sites is 2. The van der Waals surface area contributed by atoms with Gasteiger partial charge in [0, 0.05) is 55.5 Å². The molecule has 4 heterocycles. The SMILES string of the molecule is CC1(C)c2cc(-c3nc(-c4ccccc4)nc(-c4ccc5c(c4)oc4ccccc45)n3)ccc2-c2ccc(-n3c4ccccc4c4cccnc43)cc21. The van der Waals surface area contributed by atoms with Crippen LogP contribution in [0.2, 0.25) is 0 Å². The Labute approximate surface area is 305 Å². The van der Waals surface area contributed by atoms with Gasteiger partial charge in [0.05, 0.1) is 5.52 Å². The normalized spacial score (nSPS) is 13.2. The van der Waals surface area contributed by atoms with Crippen LogP contribution in [-0.2, 0) is 5.41 Å². The van der Waals surface area contributed by atoms with Crippen LogP contribution in [0.4, 0.5) is 0 Å². The molecule has 0 amide bonds. The zero-order chi connectivity index (χ0) is 35.3. The van der Waals surface area contributed by atoms with Gasteiger partial charge >= 0.3 is 0 Å². The second-order valence-electron chi connectivity index (χ2n) is 14.3. The largest absolute Gasteiger partial charge is 0.456 e. The van der Waals surface area contributed by atoms with Gasteiger partial charge in [0.25, 0.3) is 0 Å². The summed E-state index contributed by atoms with van der Waals surface area (Å²) in [4.78, 5) is 20.0. The van der Waals surface area contributed by atoms with Gasteiger partial charge in [-0.15, -0.1) is 0 Å². The molecule has 6 aromatic carbocycles. The van der Waals surface area contributed by atoms with Crippen molar-refractivity contribution in [1.29, 1.82) is 0 Å². The summed E-state index contributed by atoms with van der Waals surface area (Å²) in [5.74, 6) is 1.86. The van der Waals surface area contributed by atoms with Crippen LogP contribution >= 0.6 is 0 Å². The molecular formula is C47H31N5O. The van der Waals surface area contributed by atoms with E-state index >= 15 is 0 Å². The third kappa shape index (κ3) is 4.45. The van der Waals surface area contributed by atoms with E-state index in [9.17, 15) is 0 Å². The number of rotatable bonds is 4. The molecule has 0 unspecified atom stereocenters. The molecule has 0 N–H and O–H groups in total. The molecule has 1 aliphatic carbocycles.